The van der Waals surface area contributed by atoms with Gasteiger partial charge in [0.25, 0.3) is 0 Å². The summed E-state index contributed by atoms with van der Waals surface area (Å²) in [6.07, 6.45) is 3.57. The molecule has 3 nitrogen and oxygen atoms in total. The van der Waals surface area contributed by atoms with Crippen LogP contribution in [0.1, 0.15) is 16.5 Å². The zero-order valence-corrected chi connectivity index (χ0v) is 10.3. The number of hydrogen-bond acceptors (Lipinski definition) is 4. The van der Waals surface area contributed by atoms with Gasteiger partial charge in [-0.05, 0) is 33.6 Å². The van der Waals surface area contributed by atoms with E-state index in [9.17, 15) is 0 Å². The predicted molar refractivity (Wildman–Crippen MR) is 65.4 cm³/mol. The van der Waals surface area contributed by atoms with E-state index in [1.807, 2.05) is 23.7 Å². The molecule has 0 radical (unpaired) electrons. The summed E-state index contributed by atoms with van der Waals surface area (Å²) >= 11 is 5.09. The highest BCUT2D eigenvalue weighted by Gasteiger charge is 2.13. The fourth-order valence-corrected chi connectivity index (χ4v) is 2.90. The monoisotopic (exact) mass is 283 g/mol. The van der Waals surface area contributed by atoms with Crippen LogP contribution in [-0.4, -0.2) is 4.98 Å². The highest BCUT2D eigenvalue weighted by Crippen LogP contribution is 2.28. The van der Waals surface area contributed by atoms with Gasteiger partial charge in [0.15, 0.2) is 0 Å². The summed E-state index contributed by atoms with van der Waals surface area (Å²) < 4.78 is 1.08. The van der Waals surface area contributed by atoms with Gasteiger partial charge in [-0.15, -0.1) is 11.3 Å². The molecule has 0 bridgehead atoms. The third-order valence-corrected chi connectivity index (χ3v) is 3.82. The van der Waals surface area contributed by atoms with Gasteiger partial charge in [-0.1, -0.05) is 6.07 Å². The minimum absolute atomic E-state index is 0.00926. The molecule has 2 aromatic heterocycles. The first-order valence-corrected chi connectivity index (χ1v) is 6.08. The highest BCUT2D eigenvalue weighted by atomic mass is 79.9. The van der Waals surface area contributed by atoms with E-state index in [1.54, 1.807) is 17.5 Å². The number of nitrogens with two attached hydrogens (primary N) is 1. The molecule has 0 saturated carbocycles. The van der Waals surface area contributed by atoms with Crippen LogP contribution >= 0.6 is 27.3 Å². The number of nitrogens with zero attached hydrogens (tertiary/aromatic N) is 1. The Hall–Kier alpha value is -0.750. The van der Waals surface area contributed by atoms with Crippen LogP contribution in [-0.2, 0) is 0 Å². The fourth-order valence-electron chi connectivity index (χ4n) is 1.37. The van der Waals surface area contributed by atoms with Crippen LogP contribution in [0.25, 0.3) is 0 Å². The lowest BCUT2D eigenvalue weighted by Crippen LogP contribution is -2.28. The normalized spacial score (nSPS) is 12.7. The van der Waals surface area contributed by atoms with Gasteiger partial charge >= 0.3 is 0 Å². The highest BCUT2D eigenvalue weighted by molar-refractivity contribution is 9.10. The summed E-state index contributed by atoms with van der Waals surface area (Å²) in [5, 5.41) is 2.04. The molecular weight excluding hydrogens is 274 g/mol. The Bertz CT molecular complexity index is 429. The van der Waals surface area contributed by atoms with Crippen LogP contribution in [0.2, 0.25) is 0 Å². The summed E-state index contributed by atoms with van der Waals surface area (Å²) in [6.45, 7) is 0. The molecule has 0 aromatic carbocycles. The number of pyridine rings is 1. The van der Waals surface area contributed by atoms with Gasteiger partial charge < -0.3 is 0 Å². The van der Waals surface area contributed by atoms with Crippen LogP contribution in [0.5, 0.6) is 0 Å². The number of hydrazine groups is 1. The lowest BCUT2D eigenvalue weighted by atomic mass is 10.1. The molecule has 1 atom stereocenters. The molecule has 2 heterocycles. The standard InChI is InChI=1S/C10H10BrN3S/c11-8-4-9(15-6-8)10(14-12)7-2-1-3-13-5-7/h1-6,10,14H,12H2. The van der Waals surface area contributed by atoms with Crippen molar-refractivity contribution in [2.45, 2.75) is 6.04 Å². The number of aromatic nitrogens is 1. The number of hydrogen-bond donors (Lipinski definition) is 2. The largest absolute Gasteiger partial charge is 0.271 e. The van der Waals surface area contributed by atoms with Crippen molar-refractivity contribution in [1.82, 2.24) is 10.4 Å². The van der Waals surface area contributed by atoms with Crippen LogP contribution in [0, 0.1) is 0 Å². The third kappa shape index (κ3) is 2.43. The molecule has 0 saturated heterocycles. The summed E-state index contributed by atoms with van der Waals surface area (Å²) in [5.74, 6) is 5.56. The zero-order valence-electron chi connectivity index (χ0n) is 7.85. The number of rotatable bonds is 3. The Morgan fingerprint density at radius 3 is 2.93 bits per heavy atom. The van der Waals surface area contributed by atoms with E-state index in [4.69, 9.17) is 5.84 Å². The molecule has 15 heavy (non-hydrogen) atoms. The maximum Gasteiger partial charge on any atom is 0.0817 e. The van der Waals surface area contributed by atoms with Gasteiger partial charge in [0.1, 0.15) is 0 Å². The van der Waals surface area contributed by atoms with Gasteiger partial charge in [0, 0.05) is 27.1 Å². The molecule has 0 aliphatic heterocycles. The van der Waals surface area contributed by atoms with E-state index in [1.165, 1.54) is 0 Å². The third-order valence-electron chi connectivity index (χ3n) is 2.06. The Labute approximate surface area is 100 Å². The van der Waals surface area contributed by atoms with Gasteiger partial charge in [-0.25, -0.2) is 5.43 Å². The summed E-state index contributed by atoms with van der Waals surface area (Å²) in [6, 6.07) is 5.98. The van der Waals surface area contributed by atoms with Crippen LogP contribution in [0.3, 0.4) is 0 Å². The second-order valence-corrected chi connectivity index (χ2v) is 4.91. The topological polar surface area (TPSA) is 50.9 Å². The van der Waals surface area contributed by atoms with Gasteiger partial charge in [-0.2, -0.15) is 0 Å². The van der Waals surface area contributed by atoms with E-state index >= 15 is 0 Å². The maximum absolute atomic E-state index is 5.56. The molecule has 0 fully saturated rings. The van der Waals surface area contributed by atoms with Crippen molar-refractivity contribution in [3.05, 3.63) is 50.9 Å². The SMILES string of the molecule is NNC(c1cccnc1)c1cc(Br)cs1. The molecule has 0 aliphatic carbocycles. The van der Waals surface area contributed by atoms with Crippen LogP contribution in [0.4, 0.5) is 0 Å². The second kappa shape index (κ2) is 4.85. The molecule has 2 aromatic rings. The lowest BCUT2D eigenvalue weighted by molar-refractivity contribution is 0.644. The molecule has 78 valence electrons. The summed E-state index contributed by atoms with van der Waals surface area (Å²) in [4.78, 5) is 5.25. The molecule has 0 aliphatic rings. The van der Waals surface area contributed by atoms with Crippen molar-refractivity contribution in [3.8, 4) is 0 Å². The van der Waals surface area contributed by atoms with Crippen molar-refractivity contribution in [2.24, 2.45) is 5.84 Å². The molecule has 0 amide bonds. The predicted octanol–water partition coefficient (Wildman–Crippen LogP) is 2.46. The van der Waals surface area contributed by atoms with E-state index in [-0.39, 0.29) is 6.04 Å². The van der Waals surface area contributed by atoms with Crippen molar-refractivity contribution in [1.29, 1.82) is 0 Å². The Morgan fingerprint density at radius 1 is 1.53 bits per heavy atom. The zero-order chi connectivity index (χ0) is 10.7. The van der Waals surface area contributed by atoms with Gasteiger partial charge in [-0.3, -0.25) is 10.8 Å². The minimum Gasteiger partial charge on any atom is -0.271 e. The average Bonchev–Trinajstić information content (AvgIpc) is 2.68. The Morgan fingerprint density at radius 2 is 2.40 bits per heavy atom. The van der Waals surface area contributed by atoms with Crippen molar-refractivity contribution in [3.63, 3.8) is 0 Å². The van der Waals surface area contributed by atoms with E-state index in [2.05, 4.69) is 32.4 Å². The first kappa shape index (κ1) is 10.8. The Kier molecular flexibility index (Phi) is 3.48. The molecule has 3 N–H and O–H groups in total. The van der Waals surface area contributed by atoms with E-state index < -0.39 is 0 Å². The maximum atomic E-state index is 5.56. The molecule has 5 heteroatoms. The lowest BCUT2D eigenvalue weighted by Gasteiger charge is -2.13. The number of nitrogens with one attached hydrogen (secondary N) is 1. The summed E-state index contributed by atoms with van der Waals surface area (Å²) in [7, 11) is 0. The van der Waals surface area contributed by atoms with Crippen molar-refractivity contribution >= 4 is 27.3 Å². The summed E-state index contributed by atoms with van der Waals surface area (Å²) in [5.41, 5.74) is 3.86. The second-order valence-electron chi connectivity index (χ2n) is 3.05. The van der Waals surface area contributed by atoms with Crippen LogP contribution < -0.4 is 11.3 Å². The van der Waals surface area contributed by atoms with Crippen LogP contribution in [0.15, 0.2) is 40.4 Å². The first-order valence-electron chi connectivity index (χ1n) is 4.41. The minimum atomic E-state index is 0.00926. The van der Waals surface area contributed by atoms with Gasteiger partial charge in [0.2, 0.25) is 0 Å². The fraction of sp³-hybridized carbons (Fsp3) is 0.100. The number of thiophene rings is 1. The number of halogens is 1. The smallest absolute Gasteiger partial charge is 0.0817 e. The molecular formula is C10H10BrN3S. The molecule has 1 unspecified atom stereocenters. The van der Waals surface area contributed by atoms with Gasteiger partial charge in [0.05, 0.1) is 6.04 Å². The molecule has 2 rings (SSSR count). The Balaban J connectivity index is 2.33. The van der Waals surface area contributed by atoms with E-state index in [0.29, 0.717) is 0 Å². The quantitative estimate of drug-likeness (QED) is 0.672. The van der Waals surface area contributed by atoms with Crippen molar-refractivity contribution < 1.29 is 0 Å². The average molecular weight is 284 g/mol. The van der Waals surface area contributed by atoms with Crippen molar-refractivity contribution in [2.75, 3.05) is 0 Å². The van der Waals surface area contributed by atoms with E-state index in [0.717, 1.165) is 14.9 Å². The first-order chi connectivity index (χ1) is 7.31. The molecule has 0 spiro atoms.